The monoisotopic (exact) mass is 329 g/mol. The summed E-state index contributed by atoms with van der Waals surface area (Å²) in [6.45, 7) is 0. The van der Waals surface area contributed by atoms with Crippen molar-refractivity contribution in [2.45, 2.75) is 0 Å². The third-order valence-corrected chi connectivity index (χ3v) is 4.03. The van der Waals surface area contributed by atoms with Crippen molar-refractivity contribution in [3.05, 3.63) is 88.8 Å². The van der Waals surface area contributed by atoms with Crippen molar-refractivity contribution in [3.8, 4) is 11.1 Å². The number of aromatic nitrogens is 2. The van der Waals surface area contributed by atoms with E-state index in [9.17, 15) is 9.59 Å². The average molecular weight is 329 g/mol. The quantitative estimate of drug-likeness (QED) is 0.535. The number of aromatic amines is 2. The molecule has 1 heterocycles. The van der Waals surface area contributed by atoms with Crippen molar-refractivity contribution in [2.24, 2.45) is 0 Å². The van der Waals surface area contributed by atoms with Gasteiger partial charge < -0.3 is 15.3 Å². The minimum absolute atomic E-state index is 0.197. The van der Waals surface area contributed by atoms with E-state index in [1.54, 1.807) is 30.3 Å². The van der Waals surface area contributed by atoms with Gasteiger partial charge >= 0.3 is 5.69 Å². The smallest absolute Gasteiger partial charge is 0.322 e. The van der Waals surface area contributed by atoms with Crippen molar-refractivity contribution in [2.75, 3.05) is 5.32 Å². The van der Waals surface area contributed by atoms with Gasteiger partial charge in [0.1, 0.15) is 0 Å². The molecule has 5 heteroatoms. The summed E-state index contributed by atoms with van der Waals surface area (Å²) in [4.78, 5) is 29.1. The van der Waals surface area contributed by atoms with E-state index >= 15 is 0 Å². The molecule has 0 atom stereocenters. The Morgan fingerprint density at radius 1 is 0.760 bits per heavy atom. The van der Waals surface area contributed by atoms with Crippen LogP contribution in [0, 0.1) is 0 Å². The van der Waals surface area contributed by atoms with E-state index in [1.165, 1.54) is 0 Å². The molecule has 0 unspecified atom stereocenters. The summed E-state index contributed by atoms with van der Waals surface area (Å²) in [6.07, 6.45) is 0. The maximum Gasteiger partial charge on any atom is 0.323 e. The van der Waals surface area contributed by atoms with Crippen LogP contribution >= 0.6 is 0 Å². The SMILES string of the molecule is O=C(Nc1ccc2[nH]c(=O)[nH]c2c1)c1ccc(-c2ccccc2)cc1. The highest BCUT2D eigenvalue weighted by molar-refractivity contribution is 6.05. The van der Waals surface area contributed by atoms with Crippen LogP contribution in [-0.2, 0) is 0 Å². The molecular formula is C20H15N3O2. The van der Waals surface area contributed by atoms with E-state index in [4.69, 9.17) is 0 Å². The summed E-state index contributed by atoms with van der Waals surface area (Å²) in [6, 6.07) is 22.7. The molecule has 0 aliphatic rings. The summed E-state index contributed by atoms with van der Waals surface area (Å²) in [5.41, 5.74) is 4.45. The molecule has 3 aromatic carbocycles. The van der Waals surface area contributed by atoms with Crippen LogP contribution in [-0.4, -0.2) is 15.9 Å². The number of nitrogens with one attached hydrogen (secondary N) is 3. The molecule has 0 spiro atoms. The standard InChI is InChI=1S/C20H15N3O2/c24-19(21-16-10-11-17-18(12-16)23-20(25)22-17)15-8-6-14(7-9-15)13-4-2-1-3-5-13/h1-12H,(H,21,24)(H2,22,23,25). The van der Waals surface area contributed by atoms with E-state index in [-0.39, 0.29) is 11.6 Å². The Kier molecular flexibility index (Phi) is 3.67. The average Bonchev–Trinajstić information content (AvgIpc) is 3.02. The highest BCUT2D eigenvalue weighted by Crippen LogP contribution is 2.20. The van der Waals surface area contributed by atoms with Gasteiger partial charge in [0.15, 0.2) is 0 Å². The topological polar surface area (TPSA) is 77.8 Å². The Balaban J connectivity index is 1.54. The largest absolute Gasteiger partial charge is 0.323 e. The van der Waals surface area contributed by atoms with Crippen molar-refractivity contribution >= 4 is 22.6 Å². The normalized spacial score (nSPS) is 10.7. The van der Waals surface area contributed by atoms with Gasteiger partial charge in [-0.2, -0.15) is 0 Å². The maximum absolute atomic E-state index is 12.4. The third kappa shape index (κ3) is 3.07. The number of carbonyl (C=O) groups is 1. The van der Waals surface area contributed by atoms with Gasteiger partial charge in [-0.1, -0.05) is 42.5 Å². The number of rotatable bonds is 3. The van der Waals surface area contributed by atoms with Crippen LogP contribution in [0.15, 0.2) is 77.6 Å². The molecule has 0 saturated carbocycles. The first-order valence-electron chi connectivity index (χ1n) is 7.88. The Hall–Kier alpha value is -3.60. The molecule has 0 bridgehead atoms. The van der Waals surface area contributed by atoms with Gasteiger partial charge in [-0.15, -0.1) is 0 Å². The summed E-state index contributed by atoms with van der Waals surface area (Å²) < 4.78 is 0. The Labute approximate surface area is 143 Å². The second-order valence-electron chi connectivity index (χ2n) is 5.74. The highest BCUT2D eigenvalue weighted by atomic mass is 16.2. The predicted molar refractivity (Wildman–Crippen MR) is 98.8 cm³/mol. The van der Waals surface area contributed by atoms with Crippen molar-refractivity contribution in [1.29, 1.82) is 0 Å². The fraction of sp³-hybridized carbons (Fsp3) is 0. The molecule has 1 aromatic heterocycles. The lowest BCUT2D eigenvalue weighted by atomic mass is 10.0. The number of imidazole rings is 1. The summed E-state index contributed by atoms with van der Waals surface area (Å²) in [5.74, 6) is -0.197. The molecule has 0 saturated heterocycles. The number of hydrogen-bond acceptors (Lipinski definition) is 2. The van der Waals surface area contributed by atoms with Gasteiger partial charge in [0.2, 0.25) is 0 Å². The lowest BCUT2D eigenvalue weighted by Crippen LogP contribution is -2.11. The number of H-pyrrole nitrogens is 2. The molecule has 0 aliphatic heterocycles. The fourth-order valence-electron chi connectivity index (χ4n) is 2.76. The van der Waals surface area contributed by atoms with Crippen molar-refractivity contribution in [3.63, 3.8) is 0 Å². The molecule has 5 nitrogen and oxygen atoms in total. The Morgan fingerprint density at radius 3 is 2.20 bits per heavy atom. The Morgan fingerprint density at radius 2 is 1.44 bits per heavy atom. The molecule has 1 amide bonds. The number of benzene rings is 3. The summed E-state index contributed by atoms with van der Waals surface area (Å²) >= 11 is 0. The van der Waals surface area contributed by atoms with Crippen LogP contribution in [0.2, 0.25) is 0 Å². The molecule has 122 valence electrons. The van der Waals surface area contributed by atoms with Gasteiger partial charge in [-0.05, 0) is 41.5 Å². The minimum Gasteiger partial charge on any atom is -0.322 e. The number of carbonyl (C=O) groups excluding carboxylic acids is 1. The molecule has 25 heavy (non-hydrogen) atoms. The first-order chi connectivity index (χ1) is 12.2. The molecule has 0 radical (unpaired) electrons. The van der Waals surface area contributed by atoms with Gasteiger partial charge in [0, 0.05) is 11.3 Å². The zero-order valence-corrected chi connectivity index (χ0v) is 13.2. The van der Waals surface area contributed by atoms with Gasteiger partial charge in [-0.25, -0.2) is 4.79 Å². The third-order valence-electron chi connectivity index (χ3n) is 4.03. The van der Waals surface area contributed by atoms with Crippen LogP contribution in [0.1, 0.15) is 10.4 Å². The first kappa shape index (κ1) is 15.0. The zero-order valence-electron chi connectivity index (χ0n) is 13.2. The number of fused-ring (bicyclic) bond motifs is 1. The number of amides is 1. The van der Waals surface area contributed by atoms with Gasteiger partial charge in [0.05, 0.1) is 11.0 Å². The predicted octanol–water partition coefficient (Wildman–Crippen LogP) is 3.78. The zero-order chi connectivity index (χ0) is 17.2. The van der Waals surface area contributed by atoms with E-state index in [0.717, 1.165) is 11.1 Å². The molecular weight excluding hydrogens is 314 g/mol. The molecule has 0 aliphatic carbocycles. The lowest BCUT2D eigenvalue weighted by Gasteiger charge is -2.07. The van der Waals surface area contributed by atoms with E-state index in [2.05, 4.69) is 15.3 Å². The minimum atomic E-state index is -0.269. The van der Waals surface area contributed by atoms with Crippen molar-refractivity contribution in [1.82, 2.24) is 9.97 Å². The van der Waals surface area contributed by atoms with E-state index in [1.807, 2.05) is 42.5 Å². The van der Waals surface area contributed by atoms with Gasteiger partial charge in [-0.3, -0.25) is 4.79 Å². The van der Waals surface area contributed by atoms with Crippen LogP contribution in [0.3, 0.4) is 0 Å². The molecule has 0 fully saturated rings. The second kappa shape index (κ2) is 6.13. The van der Waals surface area contributed by atoms with Crippen LogP contribution in [0.25, 0.3) is 22.2 Å². The second-order valence-corrected chi connectivity index (χ2v) is 5.74. The molecule has 3 N–H and O–H groups in total. The summed E-state index contributed by atoms with van der Waals surface area (Å²) in [5, 5.41) is 2.84. The first-order valence-corrected chi connectivity index (χ1v) is 7.88. The number of anilines is 1. The van der Waals surface area contributed by atoms with Crippen LogP contribution in [0.5, 0.6) is 0 Å². The Bertz CT molecular complexity index is 1090. The van der Waals surface area contributed by atoms with Gasteiger partial charge in [0.25, 0.3) is 5.91 Å². The van der Waals surface area contributed by atoms with E-state index in [0.29, 0.717) is 22.3 Å². The van der Waals surface area contributed by atoms with E-state index < -0.39 is 0 Å². The number of hydrogen-bond donors (Lipinski definition) is 3. The van der Waals surface area contributed by atoms with Crippen LogP contribution < -0.4 is 11.0 Å². The molecule has 4 aromatic rings. The fourth-order valence-corrected chi connectivity index (χ4v) is 2.76. The lowest BCUT2D eigenvalue weighted by molar-refractivity contribution is 0.102. The van der Waals surface area contributed by atoms with Crippen LogP contribution in [0.4, 0.5) is 5.69 Å². The summed E-state index contributed by atoms with van der Waals surface area (Å²) in [7, 11) is 0. The van der Waals surface area contributed by atoms with Crippen molar-refractivity contribution < 1.29 is 4.79 Å². The maximum atomic E-state index is 12.4. The molecule has 4 rings (SSSR count). The highest BCUT2D eigenvalue weighted by Gasteiger charge is 2.08.